The fraction of sp³-hybridized carbons (Fsp3) is 0.393. The lowest BCUT2D eigenvalue weighted by Gasteiger charge is -2.48. The molecule has 1 aromatic carbocycles. The fourth-order valence-corrected chi connectivity index (χ4v) is 6.04. The molecule has 11 heteroatoms. The topological polar surface area (TPSA) is 106 Å². The molecule has 39 heavy (non-hydrogen) atoms. The van der Waals surface area contributed by atoms with Crippen LogP contribution >= 0.6 is 11.6 Å². The quantitative estimate of drug-likeness (QED) is 0.523. The van der Waals surface area contributed by atoms with Crippen LogP contribution in [-0.4, -0.2) is 57.3 Å². The third-order valence-corrected chi connectivity index (χ3v) is 8.26. The van der Waals surface area contributed by atoms with Crippen molar-refractivity contribution in [3.8, 4) is 6.07 Å². The van der Waals surface area contributed by atoms with Gasteiger partial charge in [-0.25, -0.2) is 8.78 Å². The van der Waals surface area contributed by atoms with Crippen molar-refractivity contribution < 1.29 is 18.7 Å². The Morgan fingerprint density at radius 1 is 1.05 bits per heavy atom. The lowest BCUT2D eigenvalue weighted by Crippen LogP contribution is -2.57. The van der Waals surface area contributed by atoms with Crippen LogP contribution in [0.15, 0.2) is 48.7 Å². The molecule has 0 spiro atoms. The van der Waals surface area contributed by atoms with E-state index >= 15 is 0 Å². The number of carbonyl (C=O) groups is 1. The zero-order valence-electron chi connectivity index (χ0n) is 21.4. The first-order chi connectivity index (χ1) is 18.6. The molecule has 5 rings (SSSR count). The zero-order chi connectivity index (χ0) is 27.9. The Morgan fingerprint density at radius 3 is 2.38 bits per heavy atom. The number of hydrogen-bond acceptors (Lipinski definition) is 7. The number of hydrogen-bond donors (Lipinski definition) is 1. The van der Waals surface area contributed by atoms with Crippen LogP contribution in [-0.2, 0) is 10.4 Å². The Morgan fingerprint density at radius 2 is 1.79 bits per heavy atom. The van der Waals surface area contributed by atoms with E-state index < -0.39 is 35.0 Å². The summed E-state index contributed by atoms with van der Waals surface area (Å²) in [4.78, 5) is 22.2. The van der Waals surface area contributed by atoms with Gasteiger partial charge in [-0.05, 0) is 42.0 Å². The van der Waals surface area contributed by atoms with E-state index in [-0.39, 0.29) is 30.6 Å². The number of piperidine rings is 1. The van der Waals surface area contributed by atoms with Crippen LogP contribution in [0.3, 0.4) is 0 Å². The van der Waals surface area contributed by atoms with Crippen molar-refractivity contribution in [3.63, 3.8) is 0 Å². The van der Waals surface area contributed by atoms with E-state index in [1.54, 1.807) is 29.3 Å². The number of amides is 1. The molecule has 2 fully saturated rings. The Kier molecular flexibility index (Phi) is 7.23. The molecule has 1 unspecified atom stereocenters. The minimum absolute atomic E-state index is 0.0908. The van der Waals surface area contributed by atoms with Gasteiger partial charge in [0, 0.05) is 55.8 Å². The van der Waals surface area contributed by atoms with E-state index in [0.29, 0.717) is 29.5 Å². The lowest BCUT2D eigenvalue weighted by molar-refractivity contribution is -0.152. The molecule has 2 aromatic heterocycles. The molecule has 4 heterocycles. The predicted octanol–water partition coefficient (Wildman–Crippen LogP) is 3.90. The van der Waals surface area contributed by atoms with Crippen molar-refractivity contribution in [3.05, 3.63) is 82.3 Å². The van der Waals surface area contributed by atoms with Gasteiger partial charge in [0.2, 0.25) is 5.91 Å². The van der Waals surface area contributed by atoms with Crippen LogP contribution < -0.4 is 4.90 Å². The molecule has 5 atom stereocenters. The van der Waals surface area contributed by atoms with Gasteiger partial charge in [-0.3, -0.25) is 9.78 Å². The third-order valence-electron chi connectivity index (χ3n) is 8.04. The van der Waals surface area contributed by atoms with Crippen LogP contribution in [0, 0.1) is 40.7 Å². The fourth-order valence-electron chi connectivity index (χ4n) is 5.93. The standard InChI is InChI=1S/C28H27ClF2N6O2/c1-16-12-37(13-17(2)28(16,39)18-3-6-23(30)24(31)9-18)27(38)22-15-36(26-8-5-20(10-32)34-35-26)14-21(22)25-7-4-19(29)11-33-25/h3-9,11,16-17,21-22,39H,12-15H2,1-2H3/t16-,17+,21-,22+,28?/m1/s1. The summed E-state index contributed by atoms with van der Waals surface area (Å²) in [7, 11) is 0. The number of benzene rings is 1. The number of likely N-dealkylation sites (tertiary alicyclic amines) is 1. The summed E-state index contributed by atoms with van der Waals surface area (Å²) < 4.78 is 27.6. The first kappa shape index (κ1) is 26.9. The maximum Gasteiger partial charge on any atom is 0.228 e. The van der Waals surface area contributed by atoms with Gasteiger partial charge in [-0.1, -0.05) is 31.5 Å². The second kappa shape index (κ2) is 10.5. The van der Waals surface area contributed by atoms with E-state index in [4.69, 9.17) is 16.9 Å². The Labute approximate surface area is 229 Å². The number of pyridine rings is 1. The highest BCUT2D eigenvalue weighted by Gasteiger charge is 2.49. The van der Waals surface area contributed by atoms with Crippen LogP contribution in [0.25, 0.3) is 0 Å². The highest BCUT2D eigenvalue weighted by atomic mass is 35.5. The van der Waals surface area contributed by atoms with Gasteiger partial charge in [0.25, 0.3) is 0 Å². The molecule has 202 valence electrons. The maximum absolute atomic E-state index is 14.0. The molecule has 3 aromatic rings. The number of aliphatic hydroxyl groups is 1. The van der Waals surface area contributed by atoms with Crippen molar-refractivity contribution in [2.45, 2.75) is 25.4 Å². The Balaban J connectivity index is 1.41. The van der Waals surface area contributed by atoms with Gasteiger partial charge in [-0.2, -0.15) is 5.26 Å². The summed E-state index contributed by atoms with van der Waals surface area (Å²) in [6.07, 6.45) is 1.55. The summed E-state index contributed by atoms with van der Waals surface area (Å²) in [6.45, 7) is 4.93. The van der Waals surface area contributed by atoms with Crippen molar-refractivity contribution in [1.29, 1.82) is 5.26 Å². The summed E-state index contributed by atoms with van der Waals surface area (Å²) >= 11 is 6.06. The van der Waals surface area contributed by atoms with E-state index in [1.165, 1.54) is 6.07 Å². The number of rotatable bonds is 4. The molecule has 2 saturated heterocycles. The Bertz CT molecular complexity index is 1400. The van der Waals surface area contributed by atoms with Crippen molar-refractivity contribution in [2.75, 3.05) is 31.1 Å². The molecule has 0 aliphatic carbocycles. The summed E-state index contributed by atoms with van der Waals surface area (Å²) in [5.41, 5.74) is -0.213. The number of nitrogens with zero attached hydrogens (tertiary/aromatic N) is 6. The van der Waals surface area contributed by atoms with Crippen LogP contribution in [0.5, 0.6) is 0 Å². The van der Waals surface area contributed by atoms with E-state index in [9.17, 15) is 18.7 Å². The predicted molar refractivity (Wildman–Crippen MR) is 140 cm³/mol. The minimum atomic E-state index is -1.43. The van der Waals surface area contributed by atoms with Gasteiger partial charge >= 0.3 is 0 Å². The van der Waals surface area contributed by atoms with Gasteiger partial charge < -0.3 is 14.9 Å². The van der Waals surface area contributed by atoms with Gasteiger partial charge in [-0.15, -0.1) is 10.2 Å². The monoisotopic (exact) mass is 552 g/mol. The first-order valence-corrected chi connectivity index (χ1v) is 13.1. The van der Waals surface area contributed by atoms with Crippen molar-refractivity contribution in [2.24, 2.45) is 17.8 Å². The normalized spacial score (nSPS) is 26.9. The number of aromatic nitrogens is 3. The molecular weight excluding hydrogens is 526 g/mol. The van der Waals surface area contributed by atoms with Crippen molar-refractivity contribution >= 4 is 23.3 Å². The summed E-state index contributed by atoms with van der Waals surface area (Å²) in [6, 6.07) is 12.2. The van der Waals surface area contributed by atoms with Crippen LogP contribution in [0.2, 0.25) is 5.02 Å². The number of carbonyl (C=O) groups excluding carboxylic acids is 1. The minimum Gasteiger partial charge on any atom is -0.384 e. The maximum atomic E-state index is 14.0. The smallest absolute Gasteiger partial charge is 0.228 e. The lowest BCUT2D eigenvalue weighted by atomic mass is 9.70. The van der Waals surface area contributed by atoms with Crippen LogP contribution in [0.4, 0.5) is 14.6 Å². The zero-order valence-corrected chi connectivity index (χ0v) is 22.2. The molecular formula is C28H27ClF2N6O2. The molecule has 2 aliphatic heterocycles. The SMILES string of the molecule is C[C@@H]1CN(C(=O)[C@H]2CN(c3ccc(C#N)nn3)C[C@H]2c2ccc(Cl)cn2)C[C@H](C)C1(O)c1ccc(F)c(F)c1. The highest BCUT2D eigenvalue weighted by molar-refractivity contribution is 6.30. The average molecular weight is 553 g/mol. The van der Waals surface area contributed by atoms with Gasteiger partial charge in [0.1, 0.15) is 6.07 Å². The van der Waals surface area contributed by atoms with E-state index in [1.807, 2.05) is 30.9 Å². The molecule has 1 amide bonds. The number of halogens is 3. The average Bonchev–Trinajstić information content (AvgIpc) is 3.38. The molecule has 2 aliphatic rings. The summed E-state index contributed by atoms with van der Waals surface area (Å²) in [5, 5.41) is 29.3. The third kappa shape index (κ3) is 4.92. The van der Waals surface area contributed by atoms with Gasteiger partial charge in [0.05, 0.1) is 16.5 Å². The molecule has 0 saturated carbocycles. The summed E-state index contributed by atoms with van der Waals surface area (Å²) in [5.74, 6) is -3.14. The number of anilines is 1. The van der Waals surface area contributed by atoms with E-state index in [0.717, 1.165) is 17.8 Å². The largest absolute Gasteiger partial charge is 0.384 e. The highest BCUT2D eigenvalue weighted by Crippen LogP contribution is 2.43. The van der Waals surface area contributed by atoms with Gasteiger partial charge in [0.15, 0.2) is 23.1 Å². The first-order valence-electron chi connectivity index (χ1n) is 12.7. The second-order valence-electron chi connectivity index (χ2n) is 10.4. The van der Waals surface area contributed by atoms with Crippen LogP contribution in [0.1, 0.15) is 36.7 Å². The second-order valence-corrected chi connectivity index (χ2v) is 10.8. The van der Waals surface area contributed by atoms with E-state index in [2.05, 4.69) is 15.2 Å². The number of nitriles is 1. The molecule has 8 nitrogen and oxygen atoms in total. The Hall–Kier alpha value is -3.68. The molecule has 0 radical (unpaired) electrons. The molecule has 0 bridgehead atoms. The van der Waals surface area contributed by atoms with Crippen molar-refractivity contribution in [1.82, 2.24) is 20.1 Å². The molecule has 1 N–H and O–H groups in total.